The number of amides is 4. The standard InChI is InChI=1S/C51H52N8O7/c1-28(64-2)42(56-50(62)65-3)49(61)59-37-19-16-36(26-37)45(59)47-52-27-40(54-47)35-15-14-31-23-30(12-13-32(31)25-35)33-17-20-38-34(24-33)18-21-39-44(38)55-46(53-39)41-11-8-22-58(41)48(60)43(57-51(63)66-4)29-9-6-5-7-10-29/h5-7,9-10,12-15,17-18,20-21,23-25,27-28,36-37,41-43,45H,8,11,16,19,22,26H2,1-4H3,(H,52,54)(H,53,55)(H,56,62)(H,57,63)/t28?,36-,37+,41-,42?,43?,45-/m0/s1. The lowest BCUT2D eigenvalue weighted by Gasteiger charge is -2.37. The van der Waals surface area contributed by atoms with Crippen LogP contribution in [0.15, 0.2) is 103 Å². The molecule has 7 aromatic rings. The number of H-pyrrole nitrogens is 2. The van der Waals surface area contributed by atoms with Gasteiger partial charge in [-0.2, -0.15) is 0 Å². The van der Waals surface area contributed by atoms with Gasteiger partial charge >= 0.3 is 12.2 Å². The van der Waals surface area contributed by atoms with Gasteiger partial charge < -0.3 is 44.6 Å². The number of fused-ring (bicyclic) bond motifs is 6. The van der Waals surface area contributed by atoms with Crippen molar-refractivity contribution in [2.45, 2.75) is 75.3 Å². The number of rotatable bonds is 11. The van der Waals surface area contributed by atoms with Crippen LogP contribution >= 0.6 is 0 Å². The molecule has 7 atom stereocenters. The molecule has 2 bridgehead atoms. The zero-order valence-electron chi connectivity index (χ0n) is 37.2. The molecule has 3 fully saturated rings. The van der Waals surface area contributed by atoms with E-state index in [1.165, 1.54) is 21.3 Å². The molecular weight excluding hydrogens is 837 g/mol. The molecule has 1 aliphatic carbocycles. The Morgan fingerprint density at radius 3 is 2.20 bits per heavy atom. The molecule has 66 heavy (non-hydrogen) atoms. The number of hydrogen-bond donors (Lipinski definition) is 4. The summed E-state index contributed by atoms with van der Waals surface area (Å²) >= 11 is 0. The van der Waals surface area contributed by atoms with Crippen LogP contribution in [0.3, 0.4) is 0 Å². The summed E-state index contributed by atoms with van der Waals surface area (Å²) in [6, 6.07) is 30.4. The van der Waals surface area contributed by atoms with Gasteiger partial charge in [-0.15, -0.1) is 0 Å². The number of methoxy groups -OCH3 is 3. The fraction of sp³-hybridized carbons (Fsp3) is 0.333. The summed E-state index contributed by atoms with van der Waals surface area (Å²) in [6.07, 6.45) is 4.30. The molecule has 0 spiro atoms. The third-order valence-electron chi connectivity index (χ3n) is 13.9. The van der Waals surface area contributed by atoms with Crippen molar-refractivity contribution in [2.24, 2.45) is 5.92 Å². The molecule has 2 saturated heterocycles. The molecule has 4 N–H and O–H groups in total. The number of ether oxygens (including phenoxy) is 3. The average Bonchev–Trinajstić information content (AvgIpc) is 4.23. The molecule has 2 aliphatic heterocycles. The predicted octanol–water partition coefficient (Wildman–Crippen LogP) is 8.50. The predicted molar refractivity (Wildman–Crippen MR) is 249 cm³/mol. The highest BCUT2D eigenvalue weighted by atomic mass is 16.5. The summed E-state index contributed by atoms with van der Waals surface area (Å²) in [6.45, 7) is 2.31. The van der Waals surface area contributed by atoms with E-state index in [-0.39, 0.29) is 35.9 Å². The molecular formula is C51H52N8O7. The van der Waals surface area contributed by atoms with Crippen molar-refractivity contribution in [3.8, 4) is 22.4 Å². The number of hydrogen-bond acceptors (Lipinski definition) is 9. The van der Waals surface area contributed by atoms with Crippen LogP contribution in [0.25, 0.3) is 55.0 Å². The normalized spacial score (nSPS) is 20.4. The van der Waals surface area contributed by atoms with E-state index in [1.54, 1.807) is 6.92 Å². The summed E-state index contributed by atoms with van der Waals surface area (Å²) < 4.78 is 15.2. The first kappa shape index (κ1) is 42.7. The number of likely N-dealkylation sites (tertiary alicyclic amines) is 2. The van der Waals surface area contributed by atoms with Crippen molar-refractivity contribution < 1.29 is 33.4 Å². The maximum absolute atomic E-state index is 14.1. The summed E-state index contributed by atoms with van der Waals surface area (Å²) in [5.74, 6) is 1.31. The minimum atomic E-state index is -0.896. The fourth-order valence-corrected chi connectivity index (χ4v) is 10.5. The zero-order valence-corrected chi connectivity index (χ0v) is 37.2. The topological polar surface area (TPSA) is 184 Å². The Morgan fingerprint density at radius 1 is 0.742 bits per heavy atom. The molecule has 4 amide bonds. The van der Waals surface area contributed by atoms with Crippen LogP contribution in [0.5, 0.6) is 0 Å². The van der Waals surface area contributed by atoms with Gasteiger partial charge in [0.15, 0.2) is 0 Å². The second-order valence-electron chi connectivity index (χ2n) is 17.6. The molecule has 3 unspecified atom stereocenters. The number of benzene rings is 5. The van der Waals surface area contributed by atoms with Crippen LogP contribution in [0.4, 0.5) is 9.59 Å². The Labute approximate surface area is 381 Å². The Kier molecular flexibility index (Phi) is 11.4. The molecule has 1 saturated carbocycles. The Bertz CT molecular complexity index is 2990. The molecule has 2 aromatic heterocycles. The van der Waals surface area contributed by atoms with Gasteiger partial charge in [0.25, 0.3) is 5.91 Å². The van der Waals surface area contributed by atoms with Crippen molar-refractivity contribution in [1.29, 1.82) is 0 Å². The third kappa shape index (κ3) is 7.76. The summed E-state index contributed by atoms with van der Waals surface area (Å²) in [7, 11) is 4.09. The second kappa shape index (κ2) is 17.6. The Hall–Kier alpha value is -7.26. The minimum Gasteiger partial charge on any atom is -0.453 e. The maximum atomic E-state index is 14.1. The third-order valence-corrected chi connectivity index (χ3v) is 13.9. The van der Waals surface area contributed by atoms with Gasteiger partial charge in [-0.3, -0.25) is 9.59 Å². The summed E-state index contributed by atoms with van der Waals surface area (Å²) in [5.41, 5.74) is 6.42. The van der Waals surface area contributed by atoms with Crippen LogP contribution in [0, 0.1) is 5.92 Å². The van der Waals surface area contributed by atoms with Crippen molar-refractivity contribution in [3.05, 3.63) is 120 Å². The van der Waals surface area contributed by atoms with Gasteiger partial charge in [0, 0.05) is 30.6 Å². The van der Waals surface area contributed by atoms with Gasteiger partial charge in [0.05, 0.1) is 55.3 Å². The molecule has 15 heteroatoms. The van der Waals surface area contributed by atoms with E-state index in [4.69, 9.17) is 24.2 Å². The van der Waals surface area contributed by atoms with Gasteiger partial charge in [0.1, 0.15) is 23.7 Å². The van der Waals surface area contributed by atoms with E-state index in [2.05, 4.69) is 81.3 Å². The Morgan fingerprint density at radius 2 is 1.44 bits per heavy atom. The van der Waals surface area contributed by atoms with Gasteiger partial charge in [-0.25, -0.2) is 19.6 Å². The van der Waals surface area contributed by atoms with Crippen molar-refractivity contribution >= 4 is 56.6 Å². The lowest BCUT2D eigenvalue weighted by molar-refractivity contribution is -0.141. The lowest BCUT2D eigenvalue weighted by Crippen LogP contribution is -2.56. The number of nitrogens with zero attached hydrogens (tertiary/aromatic N) is 4. The first-order valence-corrected chi connectivity index (χ1v) is 22.5. The SMILES string of the molecule is COC(=O)NC(C(=O)N1CCC[C@H]1c1nc2c(ccc3cc(-c4ccc5cc(-c6cnc([C@@H]7[C@H]8CC[C@H](C8)N7C(=O)C(NC(=O)OC)C(C)OC)[nH]6)ccc5c4)ccc32)[nH]1)c1ccccc1. The van der Waals surface area contributed by atoms with Crippen LogP contribution in [-0.4, -0.2) is 99.8 Å². The van der Waals surface area contributed by atoms with Crippen molar-refractivity contribution in [2.75, 3.05) is 27.9 Å². The number of imidazole rings is 2. The van der Waals surface area contributed by atoms with Gasteiger partial charge in [0.2, 0.25) is 5.91 Å². The molecule has 10 rings (SSSR count). The molecule has 3 aliphatic rings. The smallest absolute Gasteiger partial charge is 0.407 e. The van der Waals surface area contributed by atoms with Gasteiger partial charge in [-0.05, 0) is 102 Å². The van der Waals surface area contributed by atoms with E-state index in [1.807, 2.05) is 52.4 Å². The zero-order chi connectivity index (χ0) is 45.6. The molecule has 338 valence electrons. The van der Waals surface area contributed by atoms with Gasteiger partial charge in [-0.1, -0.05) is 72.8 Å². The molecule has 5 aromatic carbocycles. The lowest BCUT2D eigenvalue weighted by atomic mass is 9.96. The van der Waals surface area contributed by atoms with E-state index in [9.17, 15) is 19.2 Å². The summed E-state index contributed by atoms with van der Waals surface area (Å²) in [4.78, 5) is 73.5. The second-order valence-corrected chi connectivity index (χ2v) is 17.6. The molecule has 4 heterocycles. The number of aromatic nitrogens is 4. The minimum absolute atomic E-state index is 0.0643. The van der Waals surface area contributed by atoms with Crippen LogP contribution in [0.1, 0.15) is 74.4 Å². The number of carbonyl (C=O) groups excluding carboxylic acids is 4. The highest BCUT2D eigenvalue weighted by Crippen LogP contribution is 2.50. The number of nitrogens with one attached hydrogen (secondary N) is 4. The number of aromatic amines is 2. The maximum Gasteiger partial charge on any atom is 0.407 e. The highest BCUT2D eigenvalue weighted by molar-refractivity contribution is 6.06. The van der Waals surface area contributed by atoms with E-state index < -0.39 is 30.4 Å². The highest BCUT2D eigenvalue weighted by Gasteiger charge is 2.52. The average molecular weight is 889 g/mol. The van der Waals surface area contributed by atoms with E-state index in [0.717, 1.165) is 98.7 Å². The van der Waals surface area contributed by atoms with E-state index >= 15 is 0 Å². The van der Waals surface area contributed by atoms with Crippen molar-refractivity contribution in [1.82, 2.24) is 40.4 Å². The quantitative estimate of drug-likeness (QED) is 0.0989. The number of piperidine rings is 1. The monoisotopic (exact) mass is 888 g/mol. The van der Waals surface area contributed by atoms with Crippen LogP contribution in [-0.2, 0) is 23.8 Å². The van der Waals surface area contributed by atoms with Crippen molar-refractivity contribution in [3.63, 3.8) is 0 Å². The number of carbonyl (C=O) groups is 4. The first-order chi connectivity index (χ1) is 32.1. The fourth-order valence-electron chi connectivity index (χ4n) is 10.5. The Balaban J connectivity index is 0.875. The number of alkyl carbamates (subject to hydrolysis) is 2. The largest absolute Gasteiger partial charge is 0.453 e. The van der Waals surface area contributed by atoms with Crippen LogP contribution < -0.4 is 10.6 Å². The summed E-state index contributed by atoms with van der Waals surface area (Å²) in [5, 5.41) is 9.66. The van der Waals surface area contributed by atoms with Crippen LogP contribution in [0.2, 0.25) is 0 Å². The molecule has 15 nitrogen and oxygen atoms in total. The first-order valence-electron chi connectivity index (χ1n) is 22.5. The molecule has 0 radical (unpaired) electrons. The van der Waals surface area contributed by atoms with E-state index in [0.29, 0.717) is 12.1 Å².